The van der Waals surface area contributed by atoms with Gasteiger partial charge in [0.15, 0.2) is 17.3 Å². The Morgan fingerprint density at radius 3 is 2.42 bits per heavy atom. The number of fused-ring (bicyclic) bond motifs is 1. The lowest BCUT2D eigenvalue weighted by Crippen LogP contribution is -2.60. The van der Waals surface area contributed by atoms with Crippen LogP contribution in [-0.4, -0.2) is 103 Å². The highest BCUT2D eigenvalue weighted by Gasteiger charge is 2.46. The molecular weight excluding hydrogens is 576 g/mol. The number of ether oxygens (including phenoxy) is 5. The third-order valence-corrected chi connectivity index (χ3v) is 6.92. The molecule has 0 bridgehead atoms. The lowest BCUT2D eigenvalue weighted by molar-refractivity contribution is -0.278. The van der Waals surface area contributed by atoms with Crippen molar-refractivity contribution >= 4 is 17.7 Å². The van der Waals surface area contributed by atoms with E-state index in [4.69, 9.17) is 28.8 Å². The van der Waals surface area contributed by atoms with Crippen LogP contribution in [0.5, 0.6) is 28.7 Å². The Labute approximate surface area is 244 Å². The van der Waals surface area contributed by atoms with Crippen LogP contribution in [0.3, 0.4) is 0 Å². The number of hydrogen-bond donors (Lipinski definition) is 7. The van der Waals surface area contributed by atoms with E-state index in [1.54, 1.807) is 0 Å². The summed E-state index contributed by atoms with van der Waals surface area (Å²) in [7, 11) is 1.32. The quantitative estimate of drug-likeness (QED) is 0.178. The molecule has 234 valence electrons. The van der Waals surface area contributed by atoms with Crippen molar-refractivity contribution in [2.75, 3.05) is 13.7 Å². The number of methoxy groups -OCH3 is 1. The second-order valence-corrected chi connectivity index (χ2v) is 10.5. The number of aromatic hydroxyl groups is 2. The summed E-state index contributed by atoms with van der Waals surface area (Å²) < 4.78 is 27.5. The first kappa shape index (κ1) is 31.8. The van der Waals surface area contributed by atoms with Crippen molar-refractivity contribution in [3.63, 3.8) is 0 Å². The number of aliphatic hydroxyl groups excluding tert-OH is 3. The number of Topliss-reactive ketones (excluding diaryl/α,β-unsaturated/α-hetero) is 1. The Kier molecular flexibility index (Phi) is 9.32. The molecule has 7 atom stereocenters. The van der Waals surface area contributed by atoms with Crippen LogP contribution in [0.4, 0.5) is 0 Å². The molecule has 2 aliphatic heterocycles. The second-order valence-electron chi connectivity index (χ2n) is 10.5. The number of esters is 1. The lowest BCUT2D eigenvalue weighted by atomic mass is 9.95. The monoisotopic (exact) mass is 608 g/mol. The minimum atomic E-state index is -1.89. The van der Waals surface area contributed by atoms with Gasteiger partial charge >= 0.3 is 11.9 Å². The third kappa shape index (κ3) is 7.26. The average Bonchev–Trinajstić information content (AvgIpc) is 2.91. The van der Waals surface area contributed by atoms with E-state index in [0.29, 0.717) is 5.56 Å². The first-order valence-corrected chi connectivity index (χ1v) is 13.1. The predicted octanol–water partition coefficient (Wildman–Crippen LogP) is 0.158. The molecule has 7 N–H and O–H groups in total. The number of rotatable bonds is 10. The fraction of sp³-hybridized carbons (Fsp3) is 0.464. The zero-order chi connectivity index (χ0) is 31.6. The van der Waals surface area contributed by atoms with E-state index in [1.165, 1.54) is 31.4 Å². The number of carbonyl (C=O) groups excluding carboxylic acids is 2. The zero-order valence-corrected chi connectivity index (χ0v) is 23.1. The molecule has 2 aromatic carbocycles. The third-order valence-electron chi connectivity index (χ3n) is 6.92. The number of hydrogen-bond acceptors (Lipinski definition) is 14. The van der Waals surface area contributed by atoms with E-state index in [0.717, 1.165) is 13.0 Å². The number of aliphatic carboxylic acids is 1. The summed E-state index contributed by atoms with van der Waals surface area (Å²) in [6.07, 6.45) is -10.5. The van der Waals surface area contributed by atoms with Crippen LogP contribution >= 0.6 is 0 Å². The van der Waals surface area contributed by atoms with Crippen LogP contribution in [-0.2, 0) is 19.1 Å². The molecule has 1 saturated heterocycles. The molecule has 15 heteroatoms. The summed E-state index contributed by atoms with van der Waals surface area (Å²) >= 11 is 0. The van der Waals surface area contributed by atoms with Crippen molar-refractivity contribution in [3.8, 4) is 28.7 Å². The maximum Gasteiger partial charge on any atom is 0.308 e. The minimum absolute atomic E-state index is 0.00144. The number of phenolic OH excluding ortho intramolecular Hbond substituents is 2. The van der Waals surface area contributed by atoms with Gasteiger partial charge in [-0.05, 0) is 24.6 Å². The summed E-state index contributed by atoms with van der Waals surface area (Å²) in [6, 6.07) is 6.69. The molecule has 4 rings (SSSR count). The number of ketones is 1. The largest absolute Gasteiger partial charge is 0.508 e. The number of aliphatic hydroxyl groups is 4. The molecule has 2 aromatic rings. The maximum atomic E-state index is 12.7. The highest BCUT2D eigenvalue weighted by atomic mass is 16.7. The smallest absolute Gasteiger partial charge is 0.308 e. The van der Waals surface area contributed by atoms with Gasteiger partial charge in [-0.25, -0.2) is 0 Å². The first-order chi connectivity index (χ1) is 20.2. The van der Waals surface area contributed by atoms with Gasteiger partial charge < -0.3 is 59.4 Å². The topological polar surface area (TPSA) is 239 Å². The van der Waals surface area contributed by atoms with Crippen molar-refractivity contribution in [1.82, 2.24) is 0 Å². The van der Waals surface area contributed by atoms with Gasteiger partial charge in [0.25, 0.3) is 0 Å². The highest BCUT2D eigenvalue weighted by molar-refractivity contribution is 6.02. The molecule has 1 fully saturated rings. The van der Waals surface area contributed by atoms with Gasteiger partial charge in [-0.2, -0.15) is 0 Å². The molecule has 15 nitrogen and oxygen atoms in total. The van der Waals surface area contributed by atoms with E-state index >= 15 is 0 Å². The van der Waals surface area contributed by atoms with Gasteiger partial charge in [-0.3, -0.25) is 14.4 Å². The molecule has 2 heterocycles. The Morgan fingerprint density at radius 1 is 1.02 bits per heavy atom. The van der Waals surface area contributed by atoms with Crippen molar-refractivity contribution < 1.29 is 73.8 Å². The van der Waals surface area contributed by atoms with Crippen molar-refractivity contribution in [2.45, 2.75) is 68.6 Å². The van der Waals surface area contributed by atoms with Gasteiger partial charge in [0, 0.05) is 12.1 Å². The van der Waals surface area contributed by atoms with Gasteiger partial charge in [0.1, 0.15) is 59.9 Å². The number of carboxylic acid groups (broad SMARTS) is 1. The maximum absolute atomic E-state index is 12.7. The fourth-order valence-electron chi connectivity index (χ4n) is 4.79. The van der Waals surface area contributed by atoms with Crippen molar-refractivity contribution in [1.29, 1.82) is 0 Å². The molecular formula is C28H32O15. The number of benzene rings is 2. The average molecular weight is 609 g/mol. The Hall–Kier alpha value is -4.15. The summed E-state index contributed by atoms with van der Waals surface area (Å²) in [5.41, 5.74) is -1.46. The van der Waals surface area contributed by atoms with Gasteiger partial charge in [-0.1, -0.05) is 6.07 Å². The molecule has 0 amide bonds. The molecule has 0 radical (unpaired) electrons. The Morgan fingerprint density at radius 2 is 1.74 bits per heavy atom. The van der Waals surface area contributed by atoms with E-state index < -0.39 is 85.3 Å². The van der Waals surface area contributed by atoms with Crippen LogP contribution < -0.4 is 14.2 Å². The molecule has 0 saturated carbocycles. The normalized spacial score (nSPS) is 26.4. The standard InChI is InChI=1S/C28H32O15/c1-28(38,9-21(32)33)10-22(34)40-11-20-24(35)25(36)26(37)27(43-20)42-16-4-3-12(5-18(16)39-2)17-8-15(31)23-14(30)6-13(29)7-19(23)41-17/h3-7,17,20,24-27,29-30,35-38H,8-11H2,1-2H3,(H,32,33). The predicted molar refractivity (Wildman–Crippen MR) is 141 cm³/mol. The van der Waals surface area contributed by atoms with Gasteiger partial charge in [0.2, 0.25) is 6.29 Å². The van der Waals surface area contributed by atoms with E-state index in [9.17, 15) is 45.0 Å². The van der Waals surface area contributed by atoms with Crippen LogP contribution in [0.15, 0.2) is 30.3 Å². The fourth-order valence-corrected chi connectivity index (χ4v) is 4.79. The van der Waals surface area contributed by atoms with Crippen LogP contribution in [0.25, 0.3) is 0 Å². The first-order valence-electron chi connectivity index (χ1n) is 13.1. The van der Waals surface area contributed by atoms with E-state index in [1.807, 2.05) is 0 Å². The van der Waals surface area contributed by atoms with Crippen LogP contribution in [0.1, 0.15) is 48.2 Å². The lowest BCUT2D eigenvalue weighted by Gasteiger charge is -2.40. The van der Waals surface area contributed by atoms with E-state index in [-0.39, 0.29) is 35.0 Å². The molecule has 0 aliphatic carbocycles. The molecule has 7 unspecified atom stereocenters. The van der Waals surface area contributed by atoms with Gasteiger partial charge in [0.05, 0.1) is 32.0 Å². The Balaban J connectivity index is 1.45. The van der Waals surface area contributed by atoms with Crippen LogP contribution in [0, 0.1) is 0 Å². The van der Waals surface area contributed by atoms with Crippen LogP contribution in [0.2, 0.25) is 0 Å². The van der Waals surface area contributed by atoms with E-state index in [2.05, 4.69) is 0 Å². The highest BCUT2D eigenvalue weighted by Crippen LogP contribution is 2.43. The number of phenols is 2. The summed E-state index contributed by atoms with van der Waals surface area (Å²) in [4.78, 5) is 35.7. The molecule has 43 heavy (non-hydrogen) atoms. The molecule has 0 spiro atoms. The number of carboxylic acids is 1. The summed E-state index contributed by atoms with van der Waals surface area (Å²) in [5, 5.41) is 69.9. The summed E-state index contributed by atoms with van der Waals surface area (Å²) in [6.45, 7) is 0.520. The van der Waals surface area contributed by atoms with Crippen molar-refractivity contribution in [3.05, 3.63) is 41.5 Å². The zero-order valence-electron chi connectivity index (χ0n) is 23.1. The SMILES string of the molecule is COc1cc(C2CC(=O)c3c(O)cc(O)cc3O2)ccc1OC1OC(COC(=O)CC(C)(O)CC(=O)O)C(O)C(O)C1O. The minimum Gasteiger partial charge on any atom is -0.508 e. The summed E-state index contributed by atoms with van der Waals surface area (Å²) in [5.74, 6) is -3.29. The van der Waals surface area contributed by atoms with Gasteiger partial charge in [-0.15, -0.1) is 0 Å². The Bertz CT molecular complexity index is 1370. The van der Waals surface area contributed by atoms with Crippen molar-refractivity contribution in [2.24, 2.45) is 0 Å². The number of carbonyl (C=O) groups is 3. The molecule has 2 aliphatic rings. The second kappa shape index (κ2) is 12.6. The molecule has 0 aromatic heterocycles.